The number of aliphatic hydroxyl groups is 1. The monoisotopic (exact) mass is 132 g/mol. The van der Waals surface area contributed by atoms with Gasteiger partial charge in [0, 0.05) is 25.2 Å². The Morgan fingerprint density at radius 2 is 2.56 bits per heavy atom. The van der Waals surface area contributed by atoms with E-state index in [1.807, 2.05) is 0 Å². The van der Waals surface area contributed by atoms with Crippen LogP contribution in [0.15, 0.2) is 0 Å². The number of aliphatic hydroxyl groups excluding tert-OH is 1. The van der Waals surface area contributed by atoms with E-state index in [0.717, 1.165) is 13.1 Å². The van der Waals surface area contributed by atoms with Gasteiger partial charge in [-0.05, 0) is 6.92 Å². The van der Waals surface area contributed by atoms with Crippen molar-refractivity contribution in [3.8, 4) is 0 Å². The average molecular weight is 132 g/mol. The van der Waals surface area contributed by atoms with Gasteiger partial charge in [0.25, 0.3) is 0 Å². The number of rotatable bonds is 2. The van der Waals surface area contributed by atoms with E-state index in [1.54, 1.807) is 0 Å². The van der Waals surface area contributed by atoms with Gasteiger partial charge in [-0.2, -0.15) is 0 Å². The zero-order valence-electron chi connectivity index (χ0n) is 6.68. The van der Waals surface area contributed by atoms with Crippen molar-refractivity contribution >= 4 is 0 Å². The second kappa shape index (κ2) is 3.15. The maximum atomic E-state index is 6.52. The molecule has 1 saturated heterocycles. The van der Waals surface area contributed by atoms with Gasteiger partial charge in [-0.25, -0.2) is 0 Å². The fraction of sp³-hybridized carbons (Fsp3) is 1.00. The maximum Gasteiger partial charge on any atom is 0.210 e. The lowest BCUT2D eigenvalue weighted by Crippen LogP contribution is -2.54. The third-order valence-electron chi connectivity index (χ3n) is 1.63. The van der Waals surface area contributed by atoms with E-state index in [9.17, 15) is 0 Å². The predicted molar refractivity (Wildman–Crippen MR) is 36.3 cm³/mol. The van der Waals surface area contributed by atoms with Gasteiger partial charge < -0.3 is 15.7 Å². The molecule has 3 nitrogen and oxygen atoms in total. The number of nitrogens with one attached hydrogen (secondary N) is 2. The highest BCUT2D eigenvalue weighted by atomic mass is 16.3. The summed E-state index contributed by atoms with van der Waals surface area (Å²) in [6.45, 7) is 4.47. The number of hydrogen-bond donors (Lipinski definition) is 3. The molecule has 1 aliphatic heterocycles. The minimum absolute atomic E-state index is 0.314. The Balaban J connectivity index is 2.13. The fourth-order valence-electron chi connectivity index (χ4n) is 0.949. The lowest BCUT2D eigenvalue weighted by atomic mass is 10.2. The van der Waals surface area contributed by atoms with E-state index in [2.05, 4.69) is 22.7 Å². The predicted octanol–water partition coefficient (Wildman–Crippen LogP) is -1.07. The zero-order valence-corrected chi connectivity index (χ0v) is 5.68. The van der Waals surface area contributed by atoms with Gasteiger partial charge in [-0.15, -0.1) is 0 Å². The van der Waals surface area contributed by atoms with Crippen LogP contribution in [-0.2, 0) is 0 Å². The van der Waals surface area contributed by atoms with Crippen LogP contribution in [0.5, 0.6) is 0 Å². The first-order valence-electron chi connectivity index (χ1n) is 3.78. The smallest absolute Gasteiger partial charge is 0.210 e. The molecule has 1 heterocycles. The molecule has 1 rings (SSSR count). The van der Waals surface area contributed by atoms with Crippen molar-refractivity contribution in [1.29, 1.82) is 1.43 Å². The lowest BCUT2D eigenvalue weighted by molar-refractivity contribution is 0.216. The van der Waals surface area contributed by atoms with Crippen molar-refractivity contribution in [2.45, 2.75) is 19.0 Å². The topological polar surface area (TPSA) is 44.3 Å². The molecule has 2 unspecified atom stereocenters. The van der Waals surface area contributed by atoms with E-state index < -0.39 is 0 Å². The highest BCUT2D eigenvalue weighted by Crippen LogP contribution is 1.90. The van der Waals surface area contributed by atoms with Gasteiger partial charge in [-0.1, -0.05) is 0 Å². The Hall–Kier alpha value is -0.120. The second-order valence-electron chi connectivity index (χ2n) is 2.58. The molecule has 2 atom stereocenters. The molecule has 9 heavy (non-hydrogen) atoms. The first-order chi connectivity index (χ1) is 4.83. The molecule has 0 radical (unpaired) electrons. The van der Waals surface area contributed by atoms with Crippen molar-refractivity contribution in [2.75, 3.05) is 19.7 Å². The van der Waals surface area contributed by atoms with Crippen LogP contribution < -0.4 is 10.6 Å². The van der Waals surface area contributed by atoms with Gasteiger partial charge in [-0.3, -0.25) is 0 Å². The summed E-state index contributed by atoms with van der Waals surface area (Å²) in [6.07, 6.45) is 0. The van der Waals surface area contributed by atoms with Crippen LogP contribution in [0.25, 0.3) is 0 Å². The summed E-state index contributed by atoms with van der Waals surface area (Å²) in [6, 6.07) is 0.857. The minimum atomic E-state index is 0.314. The summed E-state index contributed by atoms with van der Waals surface area (Å²) in [5.41, 5.74) is 0. The molecule has 54 valence electrons. The molecule has 3 N–H and O–H groups in total. The van der Waals surface area contributed by atoms with Crippen molar-refractivity contribution in [2.24, 2.45) is 0 Å². The van der Waals surface area contributed by atoms with Crippen LogP contribution in [-0.4, -0.2) is 38.3 Å². The van der Waals surface area contributed by atoms with Crippen LogP contribution >= 0.6 is 0 Å². The molecule has 0 bridgehead atoms. The van der Waals surface area contributed by atoms with E-state index in [1.165, 1.54) is 0 Å². The summed E-state index contributed by atoms with van der Waals surface area (Å²) in [5, 5.41) is 10.8. The number of hydrogen-bond acceptors (Lipinski definition) is 3. The molecular weight excluding hydrogens is 116 g/mol. The molecule has 0 aliphatic carbocycles. The normalized spacial score (nSPS) is 38.1. The van der Waals surface area contributed by atoms with Crippen LogP contribution in [0.3, 0.4) is 0 Å². The summed E-state index contributed by atoms with van der Waals surface area (Å²) >= 11 is 0. The summed E-state index contributed by atoms with van der Waals surface area (Å²) in [7, 11) is 0. The third kappa shape index (κ3) is 1.93. The Labute approximate surface area is 56.9 Å². The molecule has 0 aromatic heterocycles. The minimum Gasteiger partial charge on any atom is -0.395 e. The Morgan fingerprint density at radius 1 is 1.67 bits per heavy atom. The quantitative estimate of drug-likeness (QED) is 0.448. The standard InChI is InChI=1S/C6H14N2O/c1-5-2-8-6(4-9)3-7-5/h5-9H,2-4H2,1H3/i9T. The summed E-state index contributed by atoms with van der Waals surface area (Å²) in [5.74, 6) is 0. The van der Waals surface area contributed by atoms with Crippen molar-refractivity contribution in [1.82, 2.24) is 10.6 Å². The largest absolute Gasteiger partial charge is 0.395 e. The van der Waals surface area contributed by atoms with E-state index in [-0.39, 0.29) is 0 Å². The lowest BCUT2D eigenvalue weighted by Gasteiger charge is -2.27. The van der Waals surface area contributed by atoms with Crippen molar-refractivity contribution in [3.63, 3.8) is 0 Å². The molecule has 3 heteroatoms. The second-order valence-corrected chi connectivity index (χ2v) is 2.58. The molecule has 0 amide bonds. The molecule has 0 aromatic carbocycles. The van der Waals surface area contributed by atoms with E-state index in [0.29, 0.717) is 18.7 Å². The van der Waals surface area contributed by atoms with E-state index >= 15 is 0 Å². The highest BCUT2D eigenvalue weighted by Gasteiger charge is 2.14. The van der Waals surface area contributed by atoms with Crippen LogP contribution in [0.2, 0.25) is 0 Å². The Bertz CT molecular complexity index is 93.7. The molecule has 0 aromatic rings. The first-order valence-corrected chi connectivity index (χ1v) is 3.38. The van der Waals surface area contributed by atoms with Crippen LogP contribution in [0.4, 0.5) is 0 Å². The van der Waals surface area contributed by atoms with Gasteiger partial charge >= 0.3 is 0 Å². The summed E-state index contributed by atoms with van der Waals surface area (Å²) in [4.78, 5) is 0. The van der Waals surface area contributed by atoms with Crippen LogP contribution in [0, 0.1) is 0 Å². The molecule has 1 aliphatic rings. The fourth-order valence-corrected chi connectivity index (χ4v) is 0.949. The van der Waals surface area contributed by atoms with Crippen molar-refractivity contribution < 1.29 is 5.11 Å². The van der Waals surface area contributed by atoms with Gasteiger partial charge in [0.15, 0.2) is 0 Å². The summed E-state index contributed by atoms with van der Waals surface area (Å²) < 4.78 is 6.52. The highest BCUT2D eigenvalue weighted by molar-refractivity contribution is 4.79. The molecule has 0 spiro atoms. The maximum absolute atomic E-state index is 6.52. The van der Waals surface area contributed by atoms with Gasteiger partial charge in [0.1, 0.15) is 0 Å². The van der Waals surface area contributed by atoms with Gasteiger partial charge in [0.2, 0.25) is 1.43 Å². The van der Waals surface area contributed by atoms with Gasteiger partial charge in [0.05, 0.1) is 6.61 Å². The Kier molecular flexibility index (Phi) is 1.98. The number of piperazine rings is 1. The SMILES string of the molecule is [3H]OCC1CNC(C)CN1. The molecule has 1 fully saturated rings. The Morgan fingerprint density at radius 3 is 3.11 bits per heavy atom. The third-order valence-corrected chi connectivity index (χ3v) is 1.63. The molecular formula is C6H14N2O. The average Bonchev–Trinajstić information content (AvgIpc) is 1.95. The first kappa shape index (κ1) is 5.65. The van der Waals surface area contributed by atoms with Crippen molar-refractivity contribution in [3.05, 3.63) is 0 Å². The van der Waals surface area contributed by atoms with Crippen LogP contribution in [0.1, 0.15) is 6.92 Å². The van der Waals surface area contributed by atoms with E-state index in [4.69, 9.17) is 1.43 Å². The zero-order chi connectivity index (χ0) is 7.40. The molecule has 0 saturated carbocycles.